The monoisotopic (exact) mass is 332 g/mol. The van der Waals surface area contributed by atoms with Crippen molar-refractivity contribution in [2.24, 2.45) is 0 Å². The summed E-state index contributed by atoms with van der Waals surface area (Å²) < 4.78 is 0. The number of nitrogens with zero attached hydrogens (tertiary/aromatic N) is 2. The number of aromatic nitrogens is 2. The van der Waals surface area contributed by atoms with Gasteiger partial charge in [-0.15, -0.1) is 0 Å². The van der Waals surface area contributed by atoms with E-state index in [1.165, 1.54) is 18.0 Å². The molecule has 1 amide bonds. The lowest BCUT2D eigenvalue weighted by atomic mass is 10.1. The van der Waals surface area contributed by atoms with Crippen molar-refractivity contribution in [3.63, 3.8) is 0 Å². The first kappa shape index (κ1) is 16.6. The van der Waals surface area contributed by atoms with Gasteiger partial charge in [-0.2, -0.15) is 0 Å². The summed E-state index contributed by atoms with van der Waals surface area (Å²) >= 11 is 0. The Bertz CT molecular complexity index is 858. The molecule has 0 aliphatic carbocycles. The SMILES string of the molecule is CCc1ccc(Nc2ncc(C(=O)Nc3cccc(C)c3)cn2)cc1. The number of carbonyl (C=O) groups is 1. The van der Waals surface area contributed by atoms with E-state index in [1.807, 2.05) is 43.3 Å². The maximum atomic E-state index is 12.3. The van der Waals surface area contributed by atoms with Crippen molar-refractivity contribution < 1.29 is 4.79 Å². The average molecular weight is 332 g/mol. The molecule has 25 heavy (non-hydrogen) atoms. The highest BCUT2D eigenvalue weighted by molar-refractivity contribution is 6.03. The van der Waals surface area contributed by atoms with Crippen LogP contribution in [0.1, 0.15) is 28.4 Å². The maximum absolute atomic E-state index is 12.3. The average Bonchev–Trinajstić information content (AvgIpc) is 2.63. The second kappa shape index (κ2) is 7.57. The molecular formula is C20H20N4O. The van der Waals surface area contributed by atoms with Gasteiger partial charge < -0.3 is 10.6 Å². The molecule has 0 bridgehead atoms. The summed E-state index contributed by atoms with van der Waals surface area (Å²) in [6, 6.07) is 15.7. The predicted molar refractivity (Wildman–Crippen MR) is 100 cm³/mol. The lowest BCUT2D eigenvalue weighted by Gasteiger charge is -2.07. The van der Waals surface area contributed by atoms with Gasteiger partial charge in [0.05, 0.1) is 5.56 Å². The van der Waals surface area contributed by atoms with Crippen molar-refractivity contribution in [2.45, 2.75) is 20.3 Å². The fourth-order valence-corrected chi connectivity index (χ4v) is 2.39. The summed E-state index contributed by atoms with van der Waals surface area (Å²) in [5.74, 6) is 0.223. The minimum Gasteiger partial charge on any atom is -0.324 e. The number of nitrogens with one attached hydrogen (secondary N) is 2. The molecule has 0 aliphatic rings. The Balaban J connectivity index is 1.65. The molecule has 126 valence electrons. The number of aryl methyl sites for hydroxylation is 2. The van der Waals surface area contributed by atoms with Crippen molar-refractivity contribution in [1.29, 1.82) is 0 Å². The van der Waals surface area contributed by atoms with Crippen molar-refractivity contribution in [3.8, 4) is 0 Å². The highest BCUT2D eigenvalue weighted by atomic mass is 16.1. The van der Waals surface area contributed by atoms with E-state index in [-0.39, 0.29) is 5.91 Å². The topological polar surface area (TPSA) is 66.9 Å². The highest BCUT2D eigenvalue weighted by Gasteiger charge is 2.08. The maximum Gasteiger partial charge on any atom is 0.258 e. The third-order valence-electron chi connectivity index (χ3n) is 3.81. The molecule has 0 fully saturated rings. The summed E-state index contributed by atoms with van der Waals surface area (Å²) in [6.45, 7) is 4.10. The first-order valence-electron chi connectivity index (χ1n) is 8.20. The first-order chi connectivity index (χ1) is 12.1. The molecule has 3 rings (SSSR count). The summed E-state index contributed by atoms with van der Waals surface area (Å²) in [7, 11) is 0. The second-order valence-electron chi connectivity index (χ2n) is 5.79. The molecule has 0 saturated carbocycles. The van der Waals surface area contributed by atoms with Crippen molar-refractivity contribution in [1.82, 2.24) is 9.97 Å². The smallest absolute Gasteiger partial charge is 0.258 e. The normalized spacial score (nSPS) is 10.3. The van der Waals surface area contributed by atoms with Crippen molar-refractivity contribution >= 4 is 23.2 Å². The summed E-state index contributed by atoms with van der Waals surface area (Å²) in [6.07, 6.45) is 4.03. The zero-order chi connectivity index (χ0) is 17.6. The van der Waals surface area contributed by atoms with Crippen molar-refractivity contribution in [3.05, 3.63) is 77.6 Å². The van der Waals surface area contributed by atoms with E-state index in [0.717, 1.165) is 23.4 Å². The lowest BCUT2D eigenvalue weighted by Crippen LogP contribution is -2.13. The van der Waals surface area contributed by atoms with Gasteiger partial charge in [-0.25, -0.2) is 9.97 Å². The number of hydrogen-bond donors (Lipinski definition) is 2. The number of benzene rings is 2. The molecule has 5 heteroatoms. The van der Waals surface area contributed by atoms with Gasteiger partial charge in [0, 0.05) is 23.8 Å². The van der Waals surface area contributed by atoms with Crippen LogP contribution in [0, 0.1) is 6.92 Å². The number of amides is 1. The molecule has 5 nitrogen and oxygen atoms in total. The van der Waals surface area contributed by atoms with Gasteiger partial charge in [0.2, 0.25) is 5.95 Å². The largest absolute Gasteiger partial charge is 0.324 e. The molecule has 2 aromatic carbocycles. The Morgan fingerprint density at radius 3 is 2.36 bits per heavy atom. The minimum absolute atomic E-state index is 0.232. The predicted octanol–water partition coefficient (Wildman–Crippen LogP) is 4.34. The third-order valence-corrected chi connectivity index (χ3v) is 3.81. The van der Waals surface area contributed by atoms with E-state index in [0.29, 0.717) is 11.5 Å². The van der Waals surface area contributed by atoms with Crippen LogP contribution in [0.25, 0.3) is 0 Å². The fraction of sp³-hybridized carbons (Fsp3) is 0.150. The first-order valence-corrected chi connectivity index (χ1v) is 8.20. The standard InChI is InChI=1S/C20H20N4O/c1-3-15-7-9-17(10-8-15)24-20-21-12-16(13-22-20)19(25)23-18-6-4-5-14(2)11-18/h4-13H,3H2,1-2H3,(H,23,25)(H,21,22,24). The van der Waals surface area contributed by atoms with Crippen molar-refractivity contribution in [2.75, 3.05) is 10.6 Å². The molecule has 1 heterocycles. The summed E-state index contributed by atoms with van der Waals surface area (Å²) in [4.78, 5) is 20.7. The minimum atomic E-state index is -0.232. The van der Waals surface area contributed by atoms with Crippen LogP contribution in [-0.4, -0.2) is 15.9 Å². The third kappa shape index (κ3) is 4.41. The van der Waals surface area contributed by atoms with Crippen LogP contribution in [0.2, 0.25) is 0 Å². The second-order valence-corrected chi connectivity index (χ2v) is 5.79. The van der Waals surface area contributed by atoms with Gasteiger partial charge in [-0.1, -0.05) is 31.2 Å². The van der Waals surface area contributed by atoms with Crippen LogP contribution in [0.15, 0.2) is 60.9 Å². The number of hydrogen-bond acceptors (Lipinski definition) is 4. The molecule has 0 saturated heterocycles. The van der Waals surface area contributed by atoms with Gasteiger partial charge in [-0.05, 0) is 48.7 Å². The molecule has 3 aromatic rings. The molecule has 0 aliphatic heterocycles. The van der Waals surface area contributed by atoms with Crippen LogP contribution in [0.5, 0.6) is 0 Å². The number of rotatable bonds is 5. The van der Waals surface area contributed by atoms with E-state index < -0.39 is 0 Å². The zero-order valence-electron chi connectivity index (χ0n) is 14.3. The van der Waals surface area contributed by atoms with E-state index in [2.05, 4.69) is 39.7 Å². The van der Waals surface area contributed by atoms with Crippen LogP contribution < -0.4 is 10.6 Å². The Kier molecular flexibility index (Phi) is 5.04. The molecule has 0 radical (unpaired) electrons. The van der Waals surface area contributed by atoms with Gasteiger partial charge in [-0.3, -0.25) is 4.79 Å². The van der Waals surface area contributed by atoms with Crippen LogP contribution >= 0.6 is 0 Å². The van der Waals surface area contributed by atoms with Gasteiger partial charge in [0.1, 0.15) is 0 Å². The van der Waals surface area contributed by atoms with E-state index >= 15 is 0 Å². The molecule has 2 N–H and O–H groups in total. The van der Waals surface area contributed by atoms with Crippen LogP contribution in [0.3, 0.4) is 0 Å². The molecule has 0 spiro atoms. The zero-order valence-corrected chi connectivity index (χ0v) is 14.3. The molecule has 0 atom stereocenters. The Morgan fingerprint density at radius 2 is 1.72 bits per heavy atom. The van der Waals surface area contributed by atoms with E-state index in [1.54, 1.807) is 0 Å². The molecule has 0 unspecified atom stereocenters. The molecule has 1 aromatic heterocycles. The lowest BCUT2D eigenvalue weighted by molar-refractivity contribution is 0.102. The van der Waals surface area contributed by atoms with E-state index in [4.69, 9.17) is 0 Å². The van der Waals surface area contributed by atoms with Gasteiger partial charge in [0.15, 0.2) is 0 Å². The molecular weight excluding hydrogens is 312 g/mol. The quantitative estimate of drug-likeness (QED) is 0.729. The van der Waals surface area contributed by atoms with Gasteiger partial charge >= 0.3 is 0 Å². The van der Waals surface area contributed by atoms with Crippen LogP contribution in [-0.2, 0) is 6.42 Å². The van der Waals surface area contributed by atoms with E-state index in [9.17, 15) is 4.79 Å². The van der Waals surface area contributed by atoms with Crippen LogP contribution in [0.4, 0.5) is 17.3 Å². The summed E-state index contributed by atoms with van der Waals surface area (Å²) in [5.41, 5.74) is 4.43. The Labute approximate surface area is 147 Å². The Morgan fingerprint density at radius 1 is 1.00 bits per heavy atom. The van der Waals surface area contributed by atoms with Gasteiger partial charge in [0.25, 0.3) is 5.91 Å². The fourth-order valence-electron chi connectivity index (χ4n) is 2.39. The Hall–Kier alpha value is -3.21. The number of carbonyl (C=O) groups excluding carboxylic acids is 1. The summed E-state index contributed by atoms with van der Waals surface area (Å²) in [5, 5.41) is 5.97. The highest BCUT2D eigenvalue weighted by Crippen LogP contribution is 2.15. The number of anilines is 3.